The van der Waals surface area contributed by atoms with E-state index in [9.17, 15) is 9.18 Å². The van der Waals surface area contributed by atoms with Crippen LogP contribution in [0.2, 0.25) is 0 Å². The molecule has 0 unspecified atom stereocenters. The Morgan fingerprint density at radius 3 is 3.07 bits per heavy atom. The highest BCUT2D eigenvalue weighted by molar-refractivity contribution is 5.80. The van der Waals surface area contributed by atoms with Gasteiger partial charge in [-0.2, -0.15) is 0 Å². The topological polar surface area (TPSA) is 42.0 Å². The Bertz CT molecular complexity index is 350. The summed E-state index contributed by atoms with van der Waals surface area (Å²) in [7, 11) is 0. The molecular formula is C10H11FN2O. The number of carbonyl (C=O) groups excluding carboxylic acids is 1. The van der Waals surface area contributed by atoms with E-state index < -0.39 is 0 Å². The van der Waals surface area contributed by atoms with Crippen molar-refractivity contribution in [3.8, 4) is 0 Å². The summed E-state index contributed by atoms with van der Waals surface area (Å²) in [4.78, 5) is 15.1. The van der Waals surface area contributed by atoms with Crippen molar-refractivity contribution in [2.45, 2.75) is 19.4 Å². The molecule has 3 nitrogen and oxygen atoms in total. The number of carbonyl (C=O) groups is 1. The molecule has 1 heterocycles. The quantitative estimate of drug-likeness (QED) is 0.786. The SMILES string of the molecule is O=C(NCc1ncccc1F)C1CC1. The fourth-order valence-corrected chi connectivity index (χ4v) is 1.21. The van der Waals surface area contributed by atoms with Crippen molar-refractivity contribution < 1.29 is 9.18 Å². The van der Waals surface area contributed by atoms with Crippen LogP contribution < -0.4 is 5.32 Å². The molecule has 14 heavy (non-hydrogen) atoms. The van der Waals surface area contributed by atoms with Crippen LogP contribution in [0.5, 0.6) is 0 Å². The number of nitrogens with zero attached hydrogens (tertiary/aromatic N) is 1. The summed E-state index contributed by atoms with van der Waals surface area (Å²) < 4.78 is 13.0. The lowest BCUT2D eigenvalue weighted by molar-refractivity contribution is -0.122. The van der Waals surface area contributed by atoms with Gasteiger partial charge in [0.25, 0.3) is 0 Å². The average Bonchev–Trinajstić information content (AvgIpc) is 2.99. The Morgan fingerprint density at radius 1 is 1.64 bits per heavy atom. The van der Waals surface area contributed by atoms with E-state index in [2.05, 4.69) is 10.3 Å². The third-order valence-electron chi connectivity index (χ3n) is 2.21. The van der Waals surface area contributed by atoms with Gasteiger partial charge in [-0.15, -0.1) is 0 Å². The molecule has 1 N–H and O–H groups in total. The summed E-state index contributed by atoms with van der Waals surface area (Å²) >= 11 is 0. The van der Waals surface area contributed by atoms with E-state index in [4.69, 9.17) is 0 Å². The maximum absolute atomic E-state index is 13.0. The van der Waals surface area contributed by atoms with Gasteiger partial charge in [-0.05, 0) is 25.0 Å². The van der Waals surface area contributed by atoms with Crippen LogP contribution in [0, 0.1) is 11.7 Å². The Balaban J connectivity index is 1.91. The molecule has 0 saturated heterocycles. The number of halogens is 1. The lowest BCUT2D eigenvalue weighted by Crippen LogP contribution is -2.25. The van der Waals surface area contributed by atoms with Gasteiger partial charge in [0.05, 0.1) is 12.2 Å². The van der Waals surface area contributed by atoms with Crippen molar-refractivity contribution in [3.63, 3.8) is 0 Å². The number of hydrogen-bond acceptors (Lipinski definition) is 2. The number of hydrogen-bond donors (Lipinski definition) is 1. The molecule has 0 atom stereocenters. The van der Waals surface area contributed by atoms with Gasteiger partial charge in [0.1, 0.15) is 5.82 Å². The van der Waals surface area contributed by atoms with Gasteiger partial charge in [-0.3, -0.25) is 9.78 Å². The molecule has 1 aliphatic rings. The molecule has 74 valence electrons. The van der Waals surface area contributed by atoms with Crippen LogP contribution in [0.15, 0.2) is 18.3 Å². The van der Waals surface area contributed by atoms with Crippen molar-refractivity contribution in [1.82, 2.24) is 10.3 Å². The van der Waals surface area contributed by atoms with Crippen LogP contribution in [-0.2, 0) is 11.3 Å². The third kappa shape index (κ3) is 2.07. The Kier molecular flexibility index (Phi) is 2.43. The summed E-state index contributed by atoms with van der Waals surface area (Å²) in [5.41, 5.74) is 0.293. The summed E-state index contributed by atoms with van der Waals surface area (Å²) in [6.45, 7) is 0.183. The summed E-state index contributed by atoms with van der Waals surface area (Å²) in [5, 5.41) is 2.66. The molecule has 0 radical (unpaired) electrons. The highest BCUT2D eigenvalue weighted by Gasteiger charge is 2.29. The lowest BCUT2D eigenvalue weighted by Gasteiger charge is -2.03. The molecular weight excluding hydrogens is 183 g/mol. The number of rotatable bonds is 3. The summed E-state index contributed by atoms with van der Waals surface area (Å²) in [6.07, 6.45) is 3.43. The van der Waals surface area contributed by atoms with Gasteiger partial charge in [-0.1, -0.05) is 0 Å². The van der Waals surface area contributed by atoms with E-state index in [-0.39, 0.29) is 24.2 Å². The van der Waals surface area contributed by atoms with Gasteiger partial charge in [0.2, 0.25) is 5.91 Å². The Hall–Kier alpha value is -1.45. The number of pyridine rings is 1. The van der Waals surface area contributed by atoms with Crippen molar-refractivity contribution >= 4 is 5.91 Å². The van der Waals surface area contributed by atoms with E-state index in [0.717, 1.165) is 12.8 Å². The minimum absolute atomic E-state index is 0.00931. The second-order valence-electron chi connectivity index (χ2n) is 3.42. The van der Waals surface area contributed by atoms with Crippen molar-refractivity contribution in [3.05, 3.63) is 29.8 Å². The van der Waals surface area contributed by atoms with Crippen LogP contribution in [0.25, 0.3) is 0 Å². The van der Waals surface area contributed by atoms with Crippen molar-refractivity contribution in [2.75, 3.05) is 0 Å². The maximum Gasteiger partial charge on any atom is 0.223 e. The highest BCUT2D eigenvalue weighted by atomic mass is 19.1. The van der Waals surface area contributed by atoms with Gasteiger partial charge < -0.3 is 5.32 Å². The fourth-order valence-electron chi connectivity index (χ4n) is 1.21. The van der Waals surface area contributed by atoms with E-state index in [1.165, 1.54) is 18.3 Å². The minimum Gasteiger partial charge on any atom is -0.350 e. The van der Waals surface area contributed by atoms with Gasteiger partial charge >= 0.3 is 0 Å². The third-order valence-corrected chi connectivity index (χ3v) is 2.21. The molecule has 1 saturated carbocycles. The number of aromatic nitrogens is 1. The second-order valence-corrected chi connectivity index (χ2v) is 3.42. The zero-order chi connectivity index (χ0) is 9.97. The van der Waals surface area contributed by atoms with Gasteiger partial charge in [-0.25, -0.2) is 4.39 Å². The molecule has 0 aromatic carbocycles. The minimum atomic E-state index is -0.372. The zero-order valence-corrected chi connectivity index (χ0v) is 7.66. The van der Waals surface area contributed by atoms with Crippen LogP contribution >= 0.6 is 0 Å². The fraction of sp³-hybridized carbons (Fsp3) is 0.400. The van der Waals surface area contributed by atoms with Gasteiger partial charge in [0, 0.05) is 12.1 Å². The smallest absolute Gasteiger partial charge is 0.223 e. The van der Waals surface area contributed by atoms with Crippen molar-refractivity contribution in [2.24, 2.45) is 5.92 Å². The molecule has 1 aromatic heterocycles. The first-order valence-electron chi connectivity index (χ1n) is 4.64. The normalized spacial score (nSPS) is 15.2. The Morgan fingerprint density at radius 2 is 2.43 bits per heavy atom. The van der Waals surface area contributed by atoms with Crippen LogP contribution in [-0.4, -0.2) is 10.9 Å². The molecule has 1 fully saturated rings. The molecule has 0 bridgehead atoms. The maximum atomic E-state index is 13.0. The highest BCUT2D eigenvalue weighted by Crippen LogP contribution is 2.28. The van der Waals surface area contributed by atoms with E-state index in [1.54, 1.807) is 0 Å². The molecule has 2 rings (SSSR count). The molecule has 1 aromatic rings. The monoisotopic (exact) mass is 194 g/mol. The summed E-state index contributed by atoms with van der Waals surface area (Å²) in [5.74, 6) is -0.208. The van der Waals surface area contributed by atoms with E-state index in [1.807, 2.05) is 0 Å². The van der Waals surface area contributed by atoms with Crippen LogP contribution in [0.3, 0.4) is 0 Å². The first-order chi connectivity index (χ1) is 6.77. The van der Waals surface area contributed by atoms with Crippen LogP contribution in [0.4, 0.5) is 4.39 Å². The van der Waals surface area contributed by atoms with E-state index in [0.29, 0.717) is 5.69 Å². The lowest BCUT2D eigenvalue weighted by atomic mass is 10.3. The number of nitrogens with one attached hydrogen (secondary N) is 1. The first kappa shape index (κ1) is 9.12. The predicted molar refractivity (Wildman–Crippen MR) is 48.8 cm³/mol. The zero-order valence-electron chi connectivity index (χ0n) is 7.66. The predicted octanol–water partition coefficient (Wildman–Crippen LogP) is 1.25. The van der Waals surface area contributed by atoms with Gasteiger partial charge in [0.15, 0.2) is 0 Å². The summed E-state index contributed by atoms with van der Waals surface area (Å²) in [6, 6.07) is 2.87. The van der Waals surface area contributed by atoms with Crippen LogP contribution in [0.1, 0.15) is 18.5 Å². The Labute approximate surface area is 81.3 Å². The van der Waals surface area contributed by atoms with E-state index >= 15 is 0 Å². The molecule has 1 aliphatic carbocycles. The average molecular weight is 194 g/mol. The first-order valence-corrected chi connectivity index (χ1v) is 4.64. The molecule has 1 amide bonds. The molecule has 4 heteroatoms. The second kappa shape index (κ2) is 3.74. The number of amides is 1. The largest absolute Gasteiger partial charge is 0.350 e. The standard InChI is InChI=1S/C10H11FN2O/c11-8-2-1-5-12-9(8)6-13-10(14)7-3-4-7/h1-2,5,7H,3-4,6H2,(H,13,14). The van der Waals surface area contributed by atoms with Crippen molar-refractivity contribution in [1.29, 1.82) is 0 Å². The molecule has 0 spiro atoms. The molecule has 0 aliphatic heterocycles.